The van der Waals surface area contributed by atoms with Crippen molar-refractivity contribution in [3.63, 3.8) is 0 Å². The second-order valence-electron chi connectivity index (χ2n) is 10.9. The maximum atomic E-state index is 15.8. The number of carboxylic acids is 1. The second-order valence-corrected chi connectivity index (χ2v) is 10.9. The first-order valence-corrected chi connectivity index (χ1v) is 14.2. The van der Waals surface area contributed by atoms with Crippen LogP contribution in [0.25, 0.3) is 16.6 Å². The summed E-state index contributed by atoms with van der Waals surface area (Å²) in [6.07, 6.45) is 3.61. The first-order valence-electron chi connectivity index (χ1n) is 14.2. The van der Waals surface area contributed by atoms with Crippen LogP contribution in [0.4, 0.5) is 24.5 Å². The van der Waals surface area contributed by atoms with Gasteiger partial charge in [-0.1, -0.05) is 12.1 Å². The van der Waals surface area contributed by atoms with Gasteiger partial charge >= 0.3 is 5.97 Å². The summed E-state index contributed by atoms with van der Waals surface area (Å²) < 4.78 is 51.0. The third kappa shape index (κ3) is 5.40. The standard InChI is InChI=1S/C32H31F3N4O4/c1-43-31-28-23(17-26(35)29(31)38-14-12-37(13-15-38)27-9-6-21(33)16-25(27)34)30(40)24(32(41)42)19-39(28)22-7-4-20(5-8-22)18-36-10-2-3-11-36/h4-9,16-17,19H,2-3,10-15,18H2,1H3,(H,41,42). The van der Waals surface area contributed by atoms with E-state index in [9.17, 15) is 23.5 Å². The Labute approximate surface area is 246 Å². The Bertz CT molecular complexity index is 1750. The molecule has 8 nitrogen and oxygen atoms in total. The molecule has 0 aliphatic carbocycles. The zero-order valence-corrected chi connectivity index (χ0v) is 23.7. The number of aromatic carboxylic acids is 1. The largest absolute Gasteiger partial charge is 0.492 e. The number of methoxy groups -OCH3 is 1. The molecule has 4 aromatic rings. The van der Waals surface area contributed by atoms with Crippen LogP contribution in [-0.2, 0) is 6.54 Å². The van der Waals surface area contributed by atoms with Gasteiger partial charge in [0.1, 0.15) is 28.4 Å². The highest BCUT2D eigenvalue weighted by atomic mass is 19.1. The van der Waals surface area contributed by atoms with Crippen LogP contribution in [0.3, 0.4) is 0 Å². The number of aromatic nitrogens is 1. The number of rotatable bonds is 7. The van der Waals surface area contributed by atoms with Crippen LogP contribution in [0.1, 0.15) is 28.8 Å². The van der Waals surface area contributed by atoms with Gasteiger partial charge in [-0.15, -0.1) is 0 Å². The molecule has 6 rings (SSSR count). The lowest BCUT2D eigenvalue weighted by molar-refractivity contribution is 0.0695. The minimum absolute atomic E-state index is 0.0894. The molecule has 0 atom stereocenters. The van der Waals surface area contributed by atoms with Crippen molar-refractivity contribution in [1.82, 2.24) is 9.47 Å². The molecule has 43 heavy (non-hydrogen) atoms. The van der Waals surface area contributed by atoms with E-state index in [-0.39, 0.29) is 41.1 Å². The van der Waals surface area contributed by atoms with Gasteiger partial charge in [0.25, 0.3) is 0 Å². The highest BCUT2D eigenvalue weighted by Gasteiger charge is 2.29. The molecule has 3 aromatic carbocycles. The van der Waals surface area contributed by atoms with E-state index in [1.165, 1.54) is 38.3 Å². The monoisotopic (exact) mass is 592 g/mol. The fraction of sp³-hybridized carbons (Fsp3) is 0.312. The van der Waals surface area contributed by atoms with Crippen LogP contribution in [0, 0.1) is 17.5 Å². The molecular weight excluding hydrogens is 561 g/mol. The van der Waals surface area contributed by atoms with Gasteiger partial charge in [0, 0.05) is 50.7 Å². The van der Waals surface area contributed by atoms with E-state index < -0.39 is 34.4 Å². The van der Waals surface area contributed by atoms with Crippen molar-refractivity contribution in [3.05, 3.63) is 93.5 Å². The quantitative estimate of drug-likeness (QED) is 0.322. The first-order chi connectivity index (χ1) is 20.7. The average molecular weight is 593 g/mol. The number of hydrogen-bond acceptors (Lipinski definition) is 6. The van der Waals surface area contributed by atoms with Crippen molar-refractivity contribution in [1.29, 1.82) is 0 Å². The highest BCUT2D eigenvalue weighted by Crippen LogP contribution is 2.40. The Morgan fingerprint density at radius 1 is 0.884 bits per heavy atom. The van der Waals surface area contributed by atoms with Crippen molar-refractivity contribution in [3.8, 4) is 11.4 Å². The number of benzene rings is 3. The van der Waals surface area contributed by atoms with E-state index in [4.69, 9.17) is 4.74 Å². The minimum atomic E-state index is -1.42. The molecule has 3 heterocycles. The number of pyridine rings is 1. The molecule has 11 heteroatoms. The summed E-state index contributed by atoms with van der Waals surface area (Å²) in [6, 6.07) is 12.1. The Morgan fingerprint density at radius 2 is 1.56 bits per heavy atom. The van der Waals surface area contributed by atoms with E-state index in [1.54, 1.807) is 14.4 Å². The Hall–Kier alpha value is -4.51. The first kappa shape index (κ1) is 28.6. The fourth-order valence-corrected chi connectivity index (χ4v) is 6.13. The van der Waals surface area contributed by atoms with Crippen LogP contribution in [-0.4, -0.2) is 66.9 Å². The van der Waals surface area contributed by atoms with Gasteiger partial charge in [0.05, 0.1) is 18.2 Å². The fourth-order valence-electron chi connectivity index (χ4n) is 6.13. The van der Waals surface area contributed by atoms with E-state index in [0.29, 0.717) is 18.8 Å². The van der Waals surface area contributed by atoms with Crippen molar-refractivity contribution in [2.75, 3.05) is 56.2 Å². The third-order valence-electron chi connectivity index (χ3n) is 8.27. The normalized spacial score (nSPS) is 15.8. The van der Waals surface area contributed by atoms with E-state index in [0.717, 1.165) is 37.3 Å². The van der Waals surface area contributed by atoms with Crippen molar-refractivity contribution in [2.24, 2.45) is 0 Å². The number of fused-ring (bicyclic) bond motifs is 1. The number of carboxylic acid groups (broad SMARTS) is 1. The second kappa shape index (κ2) is 11.6. The number of likely N-dealkylation sites (tertiary alicyclic amines) is 1. The van der Waals surface area contributed by atoms with Gasteiger partial charge in [0.15, 0.2) is 11.6 Å². The predicted molar refractivity (Wildman–Crippen MR) is 158 cm³/mol. The molecule has 0 amide bonds. The number of anilines is 2. The molecule has 0 saturated carbocycles. The summed E-state index contributed by atoms with van der Waals surface area (Å²) in [6.45, 7) is 4.13. The molecule has 2 saturated heterocycles. The number of piperazine rings is 1. The molecule has 0 unspecified atom stereocenters. The average Bonchev–Trinajstić information content (AvgIpc) is 3.51. The van der Waals surface area contributed by atoms with E-state index in [1.807, 2.05) is 24.3 Å². The number of nitrogens with zero attached hydrogens (tertiary/aromatic N) is 4. The lowest BCUT2D eigenvalue weighted by atomic mass is 10.1. The van der Waals surface area contributed by atoms with Gasteiger partial charge in [-0.05, 0) is 61.8 Å². The summed E-state index contributed by atoms with van der Waals surface area (Å²) in [7, 11) is 1.38. The minimum Gasteiger partial charge on any atom is -0.492 e. The zero-order valence-electron chi connectivity index (χ0n) is 23.7. The van der Waals surface area contributed by atoms with Gasteiger partial charge < -0.3 is 24.2 Å². The van der Waals surface area contributed by atoms with Crippen molar-refractivity contribution in [2.45, 2.75) is 19.4 Å². The maximum absolute atomic E-state index is 15.8. The van der Waals surface area contributed by atoms with Crippen LogP contribution in [0.2, 0.25) is 0 Å². The maximum Gasteiger partial charge on any atom is 0.341 e. The van der Waals surface area contributed by atoms with E-state index >= 15 is 4.39 Å². The number of carbonyl (C=O) groups is 1. The summed E-state index contributed by atoms with van der Waals surface area (Å²) in [5.41, 5.74) is 1.01. The molecular formula is C32H31F3N4O4. The Kier molecular flexibility index (Phi) is 7.74. The molecule has 0 spiro atoms. The van der Waals surface area contributed by atoms with Crippen LogP contribution < -0.4 is 20.0 Å². The smallest absolute Gasteiger partial charge is 0.341 e. The van der Waals surface area contributed by atoms with E-state index in [2.05, 4.69) is 4.90 Å². The van der Waals surface area contributed by atoms with Gasteiger partial charge in [-0.2, -0.15) is 0 Å². The number of hydrogen-bond donors (Lipinski definition) is 1. The van der Waals surface area contributed by atoms with Crippen LogP contribution in [0.5, 0.6) is 5.75 Å². The zero-order chi connectivity index (χ0) is 30.2. The van der Waals surface area contributed by atoms with Gasteiger partial charge in [-0.3, -0.25) is 9.69 Å². The molecule has 1 N–H and O–H groups in total. The number of halogens is 3. The Balaban J connectivity index is 1.41. The summed E-state index contributed by atoms with van der Waals surface area (Å²) in [5, 5.41) is 9.68. The molecule has 0 radical (unpaired) electrons. The van der Waals surface area contributed by atoms with Crippen molar-refractivity contribution < 1.29 is 27.8 Å². The topological polar surface area (TPSA) is 78.2 Å². The lowest BCUT2D eigenvalue weighted by Crippen LogP contribution is -2.47. The SMILES string of the molecule is COc1c(N2CCN(c3ccc(F)cc3F)CC2)c(F)cc2c(=O)c(C(=O)O)cn(-c3ccc(CN4CCCC4)cc3)c12. The van der Waals surface area contributed by atoms with Crippen LogP contribution >= 0.6 is 0 Å². The molecule has 2 fully saturated rings. The Morgan fingerprint density at radius 3 is 2.19 bits per heavy atom. The molecule has 224 valence electrons. The number of ether oxygens (including phenoxy) is 1. The van der Waals surface area contributed by atoms with Crippen LogP contribution in [0.15, 0.2) is 59.5 Å². The van der Waals surface area contributed by atoms with Gasteiger partial charge in [-0.25, -0.2) is 18.0 Å². The summed E-state index contributed by atoms with van der Waals surface area (Å²) >= 11 is 0. The van der Waals surface area contributed by atoms with Gasteiger partial charge in [0.2, 0.25) is 5.43 Å². The molecule has 0 bridgehead atoms. The summed E-state index contributed by atoms with van der Waals surface area (Å²) in [5.74, 6) is -3.41. The predicted octanol–water partition coefficient (Wildman–Crippen LogP) is 5.04. The summed E-state index contributed by atoms with van der Waals surface area (Å²) in [4.78, 5) is 31.2. The third-order valence-corrected chi connectivity index (χ3v) is 8.27. The highest BCUT2D eigenvalue weighted by molar-refractivity contribution is 5.97. The van der Waals surface area contributed by atoms with Crippen molar-refractivity contribution >= 4 is 28.2 Å². The molecule has 1 aromatic heterocycles. The lowest BCUT2D eigenvalue weighted by Gasteiger charge is -2.38. The molecule has 2 aliphatic rings. The molecule has 2 aliphatic heterocycles.